The van der Waals surface area contributed by atoms with Crippen molar-refractivity contribution in [1.82, 2.24) is 19.6 Å². The molecule has 0 saturated heterocycles. The topological polar surface area (TPSA) is 105 Å². The Morgan fingerprint density at radius 3 is 2.69 bits per heavy atom. The first-order valence-electron chi connectivity index (χ1n) is 11.5. The van der Waals surface area contributed by atoms with Gasteiger partial charge in [0, 0.05) is 35.2 Å². The van der Waals surface area contributed by atoms with E-state index in [0.29, 0.717) is 58.5 Å². The number of ether oxygens (including phenoxy) is 2. The summed E-state index contributed by atoms with van der Waals surface area (Å²) >= 11 is 0. The van der Waals surface area contributed by atoms with Gasteiger partial charge in [-0.3, -0.25) is 4.79 Å². The van der Waals surface area contributed by atoms with Crippen molar-refractivity contribution in [3.05, 3.63) is 77.3 Å². The molecule has 2 aromatic carbocycles. The van der Waals surface area contributed by atoms with Crippen LogP contribution in [0.5, 0.6) is 11.6 Å². The Labute approximate surface area is 202 Å². The fraction of sp³-hybridized carbons (Fsp3) is 0.259. The number of hydrogen-bond donors (Lipinski definition) is 1. The number of nitrogens with two attached hydrogens (primary N) is 1. The number of nitrogen functional groups attached to an aromatic ring is 1. The van der Waals surface area contributed by atoms with Gasteiger partial charge in [-0.2, -0.15) is 0 Å². The largest absolute Gasteiger partial charge is 0.496 e. The van der Waals surface area contributed by atoms with Gasteiger partial charge in [0.05, 0.1) is 18.6 Å². The molecule has 0 radical (unpaired) electrons. The summed E-state index contributed by atoms with van der Waals surface area (Å²) in [5, 5.41) is 4.64. The first-order valence-corrected chi connectivity index (χ1v) is 11.5. The van der Waals surface area contributed by atoms with Crippen LogP contribution in [0.1, 0.15) is 43.7 Å². The number of fused-ring (bicyclic) bond motifs is 3. The summed E-state index contributed by atoms with van der Waals surface area (Å²) in [4.78, 5) is 23.0. The molecule has 0 saturated carbocycles. The first-order chi connectivity index (χ1) is 16.9. The minimum atomic E-state index is -0.449. The quantitative estimate of drug-likeness (QED) is 0.441. The zero-order chi connectivity index (χ0) is 24.3. The van der Waals surface area contributed by atoms with Gasteiger partial charge in [0.15, 0.2) is 17.3 Å². The average Bonchev–Trinajstić information content (AvgIpc) is 3.26. The number of nitrogens with zero attached hydrogens (tertiary/aromatic N) is 4. The van der Waals surface area contributed by atoms with E-state index in [0.717, 1.165) is 11.1 Å². The van der Waals surface area contributed by atoms with Crippen LogP contribution in [-0.2, 0) is 4.79 Å². The van der Waals surface area contributed by atoms with Gasteiger partial charge < -0.3 is 15.2 Å². The Morgan fingerprint density at radius 1 is 1.11 bits per heavy atom. The van der Waals surface area contributed by atoms with Gasteiger partial charge in [-0.25, -0.2) is 14.5 Å². The molecule has 8 nitrogen and oxygen atoms in total. The van der Waals surface area contributed by atoms with E-state index in [9.17, 15) is 4.79 Å². The molecular formula is C27H25N5O3. The monoisotopic (exact) mass is 467 g/mol. The lowest BCUT2D eigenvalue weighted by molar-refractivity contribution is -0.118. The molecule has 0 amide bonds. The predicted octanol–water partition coefficient (Wildman–Crippen LogP) is 4.55. The minimum absolute atomic E-state index is 0.0619. The van der Waals surface area contributed by atoms with Crippen molar-refractivity contribution in [2.45, 2.75) is 32.6 Å². The third kappa shape index (κ3) is 3.36. The van der Waals surface area contributed by atoms with E-state index in [1.165, 1.54) is 0 Å². The Balaban J connectivity index is 1.64. The normalized spacial score (nSPS) is 18.7. The van der Waals surface area contributed by atoms with Crippen LogP contribution >= 0.6 is 0 Å². The lowest BCUT2D eigenvalue weighted by atomic mass is 9.70. The summed E-state index contributed by atoms with van der Waals surface area (Å²) in [5.41, 5.74) is 10.1. The van der Waals surface area contributed by atoms with Crippen LogP contribution in [0.3, 0.4) is 0 Å². The van der Waals surface area contributed by atoms with E-state index in [2.05, 4.69) is 23.9 Å². The Kier molecular flexibility index (Phi) is 4.67. The molecule has 0 spiro atoms. The Morgan fingerprint density at radius 2 is 1.89 bits per heavy atom. The second kappa shape index (κ2) is 7.66. The molecule has 6 rings (SSSR count). The SMILES string of the molecule is COc1ccccc1C1C2=C(CC(C)(C)CC2=O)Oc2ncn3nc(-c4ccccc4N)nc3c21. The van der Waals surface area contributed by atoms with Crippen LogP contribution < -0.4 is 15.2 Å². The molecule has 176 valence electrons. The summed E-state index contributed by atoms with van der Waals surface area (Å²) < 4.78 is 13.7. The molecule has 1 unspecified atom stereocenters. The third-order valence-electron chi connectivity index (χ3n) is 6.71. The number of aromatic nitrogens is 4. The number of Topliss-reactive ketones (excluding diaryl/α,β-unsaturated/α-hetero) is 1. The summed E-state index contributed by atoms with van der Waals surface area (Å²) in [7, 11) is 1.63. The Hall–Kier alpha value is -4.20. The van der Waals surface area contributed by atoms with Crippen LogP contribution in [-0.4, -0.2) is 32.5 Å². The van der Waals surface area contributed by atoms with E-state index in [1.54, 1.807) is 18.0 Å². The maximum Gasteiger partial charge on any atom is 0.228 e. The second-order valence-corrected chi connectivity index (χ2v) is 9.81. The molecular weight excluding hydrogens is 442 g/mol. The number of carbonyl (C=O) groups is 1. The van der Waals surface area contributed by atoms with E-state index in [1.807, 2.05) is 48.5 Å². The van der Waals surface area contributed by atoms with Crippen molar-refractivity contribution in [3.63, 3.8) is 0 Å². The van der Waals surface area contributed by atoms with Gasteiger partial charge in [0.1, 0.15) is 17.8 Å². The number of allylic oxidation sites excluding steroid dienone is 2. The molecule has 2 aromatic heterocycles. The summed E-state index contributed by atoms with van der Waals surface area (Å²) in [6.07, 6.45) is 2.67. The molecule has 4 aromatic rings. The summed E-state index contributed by atoms with van der Waals surface area (Å²) in [6.45, 7) is 4.16. The van der Waals surface area contributed by atoms with Crippen molar-refractivity contribution in [2.75, 3.05) is 12.8 Å². The smallest absolute Gasteiger partial charge is 0.228 e. The number of anilines is 1. The number of methoxy groups -OCH3 is 1. The van der Waals surface area contributed by atoms with E-state index in [-0.39, 0.29) is 11.2 Å². The fourth-order valence-corrected chi connectivity index (χ4v) is 5.18. The molecule has 2 aliphatic rings. The highest BCUT2D eigenvalue weighted by molar-refractivity contribution is 6.00. The standard InChI is InChI=1S/C27H25N5O3/c1-27(2)12-18(33)22-20(13-27)35-26-23(21(22)16-9-5-7-11-19(16)34-3)25-30-24(31-32(25)14-29-26)15-8-4-6-10-17(15)28/h4-11,14,21H,12-13,28H2,1-3H3. The zero-order valence-corrected chi connectivity index (χ0v) is 19.8. The Bertz CT molecular complexity index is 1540. The van der Waals surface area contributed by atoms with Crippen molar-refractivity contribution in [1.29, 1.82) is 0 Å². The van der Waals surface area contributed by atoms with Crippen LogP contribution in [0.15, 0.2) is 66.2 Å². The van der Waals surface area contributed by atoms with Crippen molar-refractivity contribution in [3.8, 4) is 23.0 Å². The van der Waals surface area contributed by atoms with Gasteiger partial charge in [0.25, 0.3) is 0 Å². The predicted molar refractivity (Wildman–Crippen MR) is 131 cm³/mol. The number of rotatable bonds is 3. The van der Waals surface area contributed by atoms with Crippen LogP contribution in [0, 0.1) is 5.41 Å². The molecule has 1 atom stereocenters. The van der Waals surface area contributed by atoms with Crippen molar-refractivity contribution >= 4 is 17.1 Å². The number of para-hydroxylation sites is 2. The number of benzene rings is 2. The maximum absolute atomic E-state index is 13.6. The molecule has 35 heavy (non-hydrogen) atoms. The van der Waals surface area contributed by atoms with Gasteiger partial charge >= 0.3 is 0 Å². The highest BCUT2D eigenvalue weighted by Crippen LogP contribution is 2.51. The van der Waals surface area contributed by atoms with Crippen LogP contribution in [0.4, 0.5) is 5.69 Å². The first kappa shape index (κ1) is 21.3. The van der Waals surface area contributed by atoms with Gasteiger partial charge in [-0.05, 0) is 23.6 Å². The number of hydrogen-bond acceptors (Lipinski definition) is 7. The lowest BCUT2D eigenvalue weighted by Crippen LogP contribution is -2.33. The maximum atomic E-state index is 13.6. The number of carbonyl (C=O) groups excluding carboxylic acids is 1. The molecule has 8 heteroatoms. The lowest BCUT2D eigenvalue weighted by Gasteiger charge is -2.37. The summed E-state index contributed by atoms with van der Waals surface area (Å²) in [6, 6.07) is 15.2. The van der Waals surface area contributed by atoms with Crippen molar-refractivity contribution < 1.29 is 14.3 Å². The minimum Gasteiger partial charge on any atom is -0.496 e. The van der Waals surface area contributed by atoms with E-state index >= 15 is 0 Å². The second-order valence-electron chi connectivity index (χ2n) is 9.81. The van der Waals surface area contributed by atoms with Crippen molar-refractivity contribution in [2.24, 2.45) is 5.41 Å². The average molecular weight is 468 g/mol. The number of ketones is 1. The molecule has 2 N–H and O–H groups in total. The van der Waals surface area contributed by atoms with Gasteiger partial charge in [-0.15, -0.1) is 5.10 Å². The van der Waals surface area contributed by atoms with Crippen LogP contribution in [0.2, 0.25) is 0 Å². The molecule has 1 aliphatic carbocycles. The highest BCUT2D eigenvalue weighted by atomic mass is 16.5. The van der Waals surface area contributed by atoms with Gasteiger partial charge in [-0.1, -0.05) is 44.2 Å². The van der Waals surface area contributed by atoms with Crippen LogP contribution in [0.25, 0.3) is 17.0 Å². The summed E-state index contributed by atoms with van der Waals surface area (Å²) in [5.74, 6) is 1.87. The molecule has 0 fully saturated rings. The van der Waals surface area contributed by atoms with Gasteiger partial charge in [0.2, 0.25) is 5.88 Å². The highest BCUT2D eigenvalue weighted by Gasteiger charge is 2.44. The third-order valence-corrected chi connectivity index (χ3v) is 6.71. The molecule has 0 bridgehead atoms. The van der Waals surface area contributed by atoms with E-state index < -0.39 is 5.92 Å². The van der Waals surface area contributed by atoms with E-state index in [4.69, 9.17) is 20.2 Å². The zero-order valence-electron chi connectivity index (χ0n) is 19.8. The molecule has 1 aliphatic heterocycles. The fourth-order valence-electron chi connectivity index (χ4n) is 5.18. The molecule has 3 heterocycles.